The first-order valence-electron chi connectivity index (χ1n) is 8.87. The van der Waals surface area contributed by atoms with Gasteiger partial charge in [-0.2, -0.15) is 0 Å². The van der Waals surface area contributed by atoms with Crippen molar-refractivity contribution in [3.63, 3.8) is 0 Å². The van der Waals surface area contributed by atoms with E-state index < -0.39 is 0 Å². The summed E-state index contributed by atoms with van der Waals surface area (Å²) in [6, 6.07) is 15.3. The topological polar surface area (TPSA) is 26.5 Å². The van der Waals surface area contributed by atoms with Gasteiger partial charge >= 0.3 is 0 Å². The van der Waals surface area contributed by atoms with Crippen molar-refractivity contribution in [1.29, 1.82) is 0 Å². The lowest BCUT2D eigenvalue weighted by molar-refractivity contribution is 0.162. The number of rotatable bonds is 5. The average Bonchev–Trinajstić information content (AvgIpc) is 2.98. The van der Waals surface area contributed by atoms with Crippen molar-refractivity contribution in [1.82, 2.24) is 4.57 Å². The standard InChI is InChI=1S/C22H26N2OS/c1-15-6-8-19(9-7-15)21-14-26-22(24(21)18(4)13-25-5)23-20-11-16(2)10-17(3)12-20/h6-12,14,18H,13H2,1-5H3. The second-order valence-electron chi connectivity index (χ2n) is 6.90. The van der Waals surface area contributed by atoms with Crippen LogP contribution >= 0.6 is 11.3 Å². The summed E-state index contributed by atoms with van der Waals surface area (Å²) in [7, 11) is 1.75. The fraction of sp³-hybridized carbons (Fsp3) is 0.318. The second kappa shape index (κ2) is 8.02. The zero-order valence-corrected chi connectivity index (χ0v) is 16.9. The van der Waals surface area contributed by atoms with Gasteiger partial charge in [-0.3, -0.25) is 0 Å². The Morgan fingerprint density at radius 3 is 2.27 bits per heavy atom. The molecule has 0 radical (unpaired) electrons. The minimum atomic E-state index is 0.201. The maximum absolute atomic E-state index is 5.42. The molecule has 1 heterocycles. The van der Waals surface area contributed by atoms with Crippen LogP contribution in [-0.4, -0.2) is 18.3 Å². The molecular formula is C22H26N2OS. The highest BCUT2D eigenvalue weighted by atomic mass is 32.1. The van der Waals surface area contributed by atoms with Crippen LogP contribution < -0.4 is 4.80 Å². The molecule has 1 aromatic heterocycles. The van der Waals surface area contributed by atoms with Gasteiger partial charge in [-0.1, -0.05) is 35.9 Å². The van der Waals surface area contributed by atoms with Crippen molar-refractivity contribution in [3.05, 3.63) is 69.3 Å². The van der Waals surface area contributed by atoms with E-state index in [0.29, 0.717) is 6.61 Å². The van der Waals surface area contributed by atoms with Gasteiger partial charge in [-0.05, 0) is 56.5 Å². The van der Waals surface area contributed by atoms with E-state index in [9.17, 15) is 0 Å². The molecule has 0 N–H and O–H groups in total. The van der Waals surface area contributed by atoms with Crippen LogP contribution in [-0.2, 0) is 4.74 Å². The zero-order chi connectivity index (χ0) is 18.7. The van der Waals surface area contributed by atoms with E-state index in [4.69, 9.17) is 9.73 Å². The predicted molar refractivity (Wildman–Crippen MR) is 110 cm³/mol. The third-order valence-corrected chi connectivity index (χ3v) is 5.21. The molecule has 3 aromatic rings. The van der Waals surface area contributed by atoms with Crippen molar-refractivity contribution in [3.8, 4) is 11.3 Å². The molecule has 3 rings (SSSR count). The quantitative estimate of drug-likeness (QED) is 0.579. The summed E-state index contributed by atoms with van der Waals surface area (Å²) in [4.78, 5) is 5.95. The molecule has 26 heavy (non-hydrogen) atoms. The molecule has 0 saturated heterocycles. The number of nitrogens with zero attached hydrogens (tertiary/aromatic N) is 2. The summed E-state index contributed by atoms with van der Waals surface area (Å²) >= 11 is 1.68. The number of hydrogen-bond acceptors (Lipinski definition) is 3. The first-order valence-corrected chi connectivity index (χ1v) is 9.75. The summed E-state index contributed by atoms with van der Waals surface area (Å²) in [5.41, 5.74) is 7.12. The van der Waals surface area contributed by atoms with Gasteiger partial charge < -0.3 is 9.30 Å². The highest BCUT2D eigenvalue weighted by molar-refractivity contribution is 7.07. The van der Waals surface area contributed by atoms with Crippen LogP contribution in [0.25, 0.3) is 11.3 Å². The monoisotopic (exact) mass is 366 g/mol. The van der Waals surface area contributed by atoms with Gasteiger partial charge in [0.2, 0.25) is 0 Å². The molecular weight excluding hydrogens is 340 g/mol. The maximum atomic E-state index is 5.42. The maximum Gasteiger partial charge on any atom is 0.190 e. The van der Waals surface area contributed by atoms with Crippen LogP contribution in [0.5, 0.6) is 0 Å². The lowest BCUT2D eigenvalue weighted by atomic mass is 10.1. The van der Waals surface area contributed by atoms with Crippen molar-refractivity contribution in [2.75, 3.05) is 13.7 Å². The van der Waals surface area contributed by atoms with E-state index in [1.165, 1.54) is 27.9 Å². The van der Waals surface area contributed by atoms with E-state index in [2.05, 4.69) is 80.1 Å². The van der Waals surface area contributed by atoms with E-state index in [0.717, 1.165) is 10.5 Å². The zero-order valence-electron chi connectivity index (χ0n) is 16.1. The number of ether oxygens (including phenoxy) is 1. The first kappa shape index (κ1) is 18.6. The molecule has 0 aliphatic rings. The van der Waals surface area contributed by atoms with Crippen molar-refractivity contribution < 1.29 is 4.74 Å². The van der Waals surface area contributed by atoms with Gasteiger partial charge in [0.1, 0.15) is 0 Å². The summed E-state index contributed by atoms with van der Waals surface area (Å²) in [5.74, 6) is 0. The van der Waals surface area contributed by atoms with Crippen molar-refractivity contribution in [2.45, 2.75) is 33.7 Å². The molecule has 1 unspecified atom stereocenters. The molecule has 1 atom stereocenters. The van der Waals surface area contributed by atoms with Gasteiger partial charge in [0.15, 0.2) is 4.80 Å². The lowest BCUT2D eigenvalue weighted by Crippen LogP contribution is -2.23. The van der Waals surface area contributed by atoms with Crippen LogP contribution in [0.3, 0.4) is 0 Å². The van der Waals surface area contributed by atoms with E-state index in [1.54, 1.807) is 18.4 Å². The van der Waals surface area contributed by atoms with E-state index >= 15 is 0 Å². The SMILES string of the molecule is COCC(C)n1c(-c2ccc(C)cc2)csc1=Nc1cc(C)cc(C)c1. The summed E-state index contributed by atoms with van der Waals surface area (Å²) < 4.78 is 7.71. The van der Waals surface area contributed by atoms with Crippen LogP contribution in [0.4, 0.5) is 5.69 Å². The molecule has 0 saturated carbocycles. The third-order valence-electron chi connectivity index (χ3n) is 4.37. The number of thiazole rings is 1. The highest BCUT2D eigenvalue weighted by Gasteiger charge is 2.14. The summed E-state index contributed by atoms with van der Waals surface area (Å²) in [6.07, 6.45) is 0. The molecule has 0 aliphatic heterocycles. The fourth-order valence-corrected chi connectivity index (χ4v) is 4.22. The molecule has 4 heteroatoms. The molecule has 0 bridgehead atoms. The van der Waals surface area contributed by atoms with Gasteiger partial charge in [-0.25, -0.2) is 4.99 Å². The second-order valence-corrected chi connectivity index (χ2v) is 7.74. The fourth-order valence-electron chi connectivity index (χ4n) is 3.20. The van der Waals surface area contributed by atoms with Crippen LogP contribution in [0, 0.1) is 20.8 Å². The Hall–Kier alpha value is -2.17. The predicted octanol–water partition coefficient (Wildman–Crippen LogP) is 5.58. The number of benzene rings is 2. The average molecular weight is 367 g/mol. The van der Waals surface area contributed by atoms with E-state index in [1.807, 2.05) is 0 Å². The minimum absolute atomic E-state index is 0.201. The minimum Gasteiger partial charge on any atom is -0.383 e. The Morgan fingerprint density at radius 2 is 1.65 bits per heavy atom. The van der Waals surface area contributed by atoms with Gasteiger partial charge in [-0.15, -0.1) is 11.3 Å². The molecule has 3 nitrogen and oxygen atoms in total. The Morgan fingerprint density at radius 1 is 1.00 bits per heavy atom. The summed E-state index contributed by atoms with van der Waals surface area (Å²) in [5, 5.41) is 2.19. The van der Waals surface area contributed by atoms with Gasteiger partial charge in [0.05, 0.1) is 24.0 Å². The lowest BCUT2D eigenvalue weighted by Gasteiger charge is -2.16. The van der Waals surface area contributed by atoms with Gasteiger partial charge in [0, 0.05) is 12.5 Å². The molecule has 2 aromatic carbocycles. The Balaban J connectivity index is 2.16. The van der Waals surface area contributed by atoms with E-state index in [-0.39, 0.29) is 6.04 Å². The molecule has 0 amide bonds. The Kier molecular flexibility index (Phi) is 5.74. The van der Waals surface area contributed by atoms with Crippen molar-refractivity contribution in [2.24, 2.45) is 4.99 Å². The van der Waals surface area contributed by atoms with Crippen LogP contribution in [0.15, 0.2) is 52.8 Å². The number of aromatic nitrogens is 1. The molecule has 0 fully saturated rings. The molecule has 0 spiro atoms. The third kappa shape index (κ3) is 4.14. The van der Waals surface area contributed by atoms with Crippen LogP contribution in [0.2, 0.25) is 0 Å². The van der Waals surface area contributed by atoms with Crippen molar-refractivity contribution >= 4 is 17.0 Å². The summed E-state index contributed by atoms with van der Waals surface area (Å²) in [6.45, 7) is 9.16. The number of methoxy groups -OCH3 is 1. The molecule has 0 aliphatic carbocycles. The van der Waals surface area contributed by atoms with Gasteiger partial charge in [0.25, 0.3) is 0 Å². The smallest absolute Gasteiger partial charge is 0.190 e. The van der Waals surface area contributed by atoms with Crippen LogP contribution in [0.1, 0.15) is 29.7 Å². The Labute approximate surface area is 159 Å². The number of aryl methyl sites for hydroxylation is 3. The number of hydrogen-bond donors (Lipinski definition) is 0. The highest BCUT2D eigenvalue weighted by Crippen LogP contribution is 2.25. The normalized spacial score (nSPS) is 13.2. The first-order chi connectivity index (χ1) is 12.5. The Bertz CT molecular complexity index is 931. The largest absolute Gasteiger partial charge is 0.383 e. The molecule has 136 valence electrons.